The standard InChI is InChI=1S/C17H34N4O2.HI/c1-18-16(21-10-11-23-15(12-21)13-22-4)19-14-17(20(2)3)8-6-5-7-9-17;/h15H,5-14H2,1-4H3,(H,18,19);1H. The van der Waals surface area contributed by atoms with Crippen molar-refractivity contribution in [3.05, 3.63) is 0 Å². The van der Waals surface area contributed by atoms with Crippen LogP contribution in [0.15, 0.2) is 4.99 Å². The van der Waals surface area contributed by atoms with Crippen molar-refractivity contribution in [3.63, 3.8) is 0 Å². The first-order chi connectivity index (χ1) is 11.1. The quantitative estimate of drug-likeness (QED) is 0.390. The largest absolute Gasteiger partial charge is 0.382 e. The van der Waals surface area contributed by atoms with E-state index in [0.29, 0.717) is 6.61 Å². The fourth-order valence-electron chi connectivity index (χ4n) is 3.77. The van der Waals surface area contributed by atoms with Gasteiger partial charge in [-0.25, -0.2) is 0 Å². The lowest BCUT2D eigenvalue weighted by molar-refractivity contribution is -0.0449. The molecule has 1 heterocycles. The molecule has 0 aromatic heterocycles. The van der Waals surface area contributed by atoms with E-state index in [2.05, 4.69) is 34.2 Å². The number of ether oxygens (including phenoxy) is 2. The van der Waals surface area contributed by atoms with E-state index in [4.69, 9.17) is 9.47 Å². The Morgan fingerprint density at radius 2 is 2.04 bits per heavy atom. The zero-order valence-corrected chi connectivity index (χ0v) is 18.0. The number of morpholine rings is 1. The number of nitrogens with zero attached hydrogens (tertiary/aromatic N) is 3. The first-order valence-corrected chi connectivity index (χ1v) is 8.85. The molecule has 0 bridgehead atoms. The summed E-state index contributed by atoms with van der Waals surface area (Å²) in [6.07, 6.45) is 6.67. The van der Waals surface area contributed by atoms with Gasteiger partial charge in [-0.3, -0.25) is 4.99 Å². The SMILES string of the molecule is CN=C(NCC1(N(C)C)CCCCC1)N1CCOC(COC)C1.I. The highest BCUT2D eigenvalue weighted by molar-refractivity contribution is 14.0. The average molecular weight is 454 g/mol. The summed E-state index contributed by atoms with van der Waals surface area (Å²) in [6, 6.07) is 0. The monoisotopic (exact) mass is 454 g/mol. The molecule has 2 aliphatic rings. The van der Waals surface area contributed by atoms with Crippen molar-refractivity contribution in [1.29, 1.82) is 0 Å². The van der Waals surface area contributed by atoms with Crippen molar-refractivity contribution in [2.45, 2.75) is 43.7 Å². The zero-order valence-electron chi connectivity index (χ0n) is 15.7. The van der Waals surface area contributed by atoms with Crippen molar-refractivity contribution in [2.24, 2.45) is 4.99 Å². The van der Waals surface area contributed by atoms with E-state index in [1.165, 1.54) is 32.1 Å². The summed E-state index contributed by atoms with van der Waals surface area (Å²) < 4.78 is 11.0. The van der Waals surface area contributed by atoms with Crippen molar-refractivity contribution in [1.82, 2.24) is 15.1 Å². The molecule has 6 nitrogen and oxygen atoms in total. The van der Waals surface area contributed by atoms with Gasteiger partial charge in [0.2, 0.25) is 0 Å². The molecule has 1 N–H and O–H groups in total. The molecule has 1 unspecified atom stereocenters. The molecule has 0 aromatic carbocycles. The molecular weight excluding hydrogens is 419 g/mol. The number of aliphatic imine (C=N–C) groups is 1. The summed E-state index contributed by atoms with van der Waals surface area (Å²) in [4.78, 5) is 9.19. The fraction of sp³-hybridized carbons (Fsp3) is 0.941. The normalized spacial score (nSPS) is 24.6. The smallest absolute Gasteiger partial charge is 0.193 e. The van der Waals surface area contributed by atoms with Crippen LogP contribution in [0.2, 0.25) is 0 Å². The molecule has 2 rings (SSSR count). The van der Waals surface area contributed by atoms with Gasteiger partial charge in [0.05, 0.1) is 19.3 Å². The highest BCUT2D eigenvalue weighted by Gasteiger charge is 2.34. The Morgan fingerprint density at radius 1 is 1.33 bits per heavy atom. The lowest BCUT2D eigenvalue weighted by atomic mass is 9.80. The third-order valence-corrected chi connectivity index (χ3v) is 5.31. The van der Waals surface area contributed by atoms with Crippen LogP contribution in [-0.2, 0) is 9.47 Å². The summed E-state index contributed by atoms with van der Waals surface area (Å²) in [5.74, 6) is 0.987. The summed E-state index contributed by atoms with van der Waals surface area (Å²) in [5.41, 5.74) is 0.256. The fourth-order valence-corrected chi connectivity index (χ4v) is 3.77. The third kappa shape index (κ3) is 5.71. The number of methoxy groups -OCH3 is 1. The van der Waals surface area contributed by atoms with Crippen LogP contribution in [0.4, 0.5) is 0 Å². The van der Waals surface area contributed by atoms with Crippen LogP contribution in [0, 0.1) is 0 Å². The first kappa shape index (κ1) is 21.9. The van der Waals surface area contributed by atoms with Gasteiger partial charge in [-0.2, -0.15) is 0 Å². The maximum Gasteiger partial charge on any atom is 0.193 e. The molecule has 24 heavy (non-hydrogen) atoms. The van der Waals surface area contributed by atoms with Gasteiger partial charge in [0.25, 0.3) is 0 Å². The van der Waals surface area contributed by atoms with Gasteiger partial charge in [-0.1, -0.05) is 19.3 Å². The maximum atomic E-state index is 5.74. The molecule has 0 aromatic rings. The van der Waals surface area contributed by atoms with Gasteiger partial charge in [0.1, 0.15) is 0 Å². The predicted molar refractivity (Wildman–Crippen MR) is 109 cm³/mol. The van der Waals surface area contributed by atoms with Crippen LogP contribution in [0.5, 0.6) is 0 Å². The van der Waals surface area contributed by atoms with E-state index >= 15 is 0 Å². The van der Waals surface area contributed by atoms with Crippen molar-refractivity contribution in [2.75, 3.05) is 61.1 Å². The Hall–Kier alpha value is -0.120. The van der Waals surface area contributed by atoms with Crippen LogP contribution < -0.4 is 5.32 Å². The summed E-state index contributed by atoms with van der Waals surface area (Å²) in [5, 5.41) is 3.63. The number of guanidine groups is 1. The van der Waals surface area contributed by atoms with E-state index in [1.54, 1.807) is 7.11 Å². The number of hydrogen-bond acceptors (Lipinski definition) is 4. The van der Waals surface area contributed by atoms with E-state index in [9.17, 15) is 0 Å². The van der Waals surface area contributed by atoms with Crippen LogP contribution >= 0.6 is 24.0 Å². The molecule has 0 radical (unpaired) electrons. The second-order valence-corrected chi connectivity index (χ2v) is 6.97. The molecule has 1 aliphatic heterocycles. The van der Waals surface area contributed by atoms with E-state index in [0.717, 1.165) is 32.2 Å². The Bertz CT molecular complexity index is 385. The van der Waals surface area contributed by atoms with Gasteiger partial charge < -0.3 is 24.6 Å². The van der Waals surface area contributed by atoms with Crippen molar-refractivity contribution >= 4 is 29.9 Å². The predicted octanol–water partition coefficient (Wildman–Crippen LogP) is 1.79. The van der Waals surface area contributed by atoms with Gasteiger partial charge in [0.15, 0.2) is 5.96 Å². The van der Waals surface area contributed by atoms with E-state index in [1.807, 2.05) is 7.05 Å². The molecule has 1 saturated heterocycles. The van der Waals surface area contributed by atoms with Gasteiger partial charge in [-0.05, 0) is 26.9 Å². The highest BCUT2D eigenvalue weighted by Crippen LogP contribution is 2.31. The van der Waals surface area contributed by atoms with Gasteiger partial charge in [-0.15, -0.1) is 24.0 Å². The molecule has 142 valence electrons. The average Bonchev–Trinajstić information content (AvgIpc) is 2.57. The molecule has 0 spiro atoms. The molecule has 7 heteroatoms. The van der Waals surface area contributed by atoms with Gasteiger partial charge >= 0.3 is 0 Å². The van der Waals surface area contributed by atoms with Gasteiger partial charge in [0, 0.05) is 39.3 Å². The first-order valence-electron chi connectivity index (χ1n) is 8.85. The second-order valence-electron chi connectivity index (χ2n) is 6.97. The van der Waals surface area contributed by atoms with Crippen molar-refractivity contribution < 1.29 is 9.47 Å². The van der Waals surface area contributed by atoms with Crippen LogP contribution in [0.1, 0.15) is 32.1 Å². The molecule has 2 fully saturated rings. The zero-order chi connectivity index (χ0) is 16.7. The maximum absolute atomic E-state index is 5.74. The van der Waals surface area contributed by atoms with Crippen LogP contribution in [0.25, 0.3) is 0 Å². The third-order valence-electron chi connectivity index (χ3n) is 5.31. The van der Waals surface area contributed by atoms with Crippen LogP contribution in [-0.4, -0.2) is 88.5 Å². The topological polar surface area (TPSA) is 49.3 Å². The molecule has 1 aliphatic carbocycles. The molecule has 0 amide bonds. The second kappa shape index (κ2) is 10.8. The molecular formula is C17H35IN4O2. The highest BCUT2D eigenvalue weighted by atomic mass is 127. The minimum Gasteiger partial charge on any atom is -0.382 e. The minimum absolute atomic E-state index is 0. The molecule has 1 atom stereocenters. The van der Waals surface area contributed by atoms with Crippen molar-refractivity contribution in [3.8, 4) is 0 Å². The lowest BCUT2D eigenvalue weighted by Crippen LogP contribution is -2.58. The Morgan fingerprint density at radius 3 is 2.62 bits per heavy atom. The number of hydrogen-bond donors (Lipinski definition) is 1. The number of rotatable bonds is 5. The number of nitrogens with one attached hydrogen (secondary N) is 1. The Balaban J connectivity index is 0.00000288. The Labute approximate surface area is 164 Å². The van der Waals surface area contributed by atoms with E-state index in [-0.39, 0.29) is 35.6 Å². The summed E-state index contributed by atoms with van der Waals surface area (Å²) in [6.45, 7) is 4.04. The number of likely N-dealkylation sites (N-methyl/N-ethyl adjacent to an activating group) is 1. The van der Waals surface area contributed by atoms with Crippen LogP contribution in [0.3, 0.4) is 0 Å². The minimum atomic E-state index is 0. The Kier molecular flexibility index (Phi) is 9.84. The molecule has 1 saturated carbocycles. The summed E-state index contributed by atoms with van der Waals surface area (Å²) >= 11 is 0. The lowest BCUT2D eigenvalue weighted by Gasteiger charge is -2.44. The number of halogens is 1. The van der Waals surface area contributed by atoms with E-state index < -0.39 is 0 Å². The summed E-state index contributed by atoms with van der Waals surface area (Å²) in [7, 11) is 8.00.